The van der Waals surface area contributed by atoms with Crippen LogP contribution in [0.1, 0.15) is 28.9 Å². The van der Waals surface area contributed by atoms with E-state index in [1.54, 1.807) is 13.0 Å². The van der Waals surface area contributed by atoms with E-state index in [0.717, 1.165) is 0 Å². The lowest BCUT2D eigenvalue weighted by Crippen LogP contribution is -2.16. The zero-order chi connectivity index (χ0) is 15.0. The maximum atomic E-state index is 13.4. The molecule has 0 spiro atoms. The Morgan fingerprint density at radius 3 is 2.95 bits per heavy atom. The summed E-state index contributed by atoms with van der Waals surface area (Å²) in [5.41, 5.74) is 1.42. The third kappa shape index (κ3) is 2.37. The highest BCUT2D eigenvalue weighted by molar-refractivity contribution is 6.04. The van der Waals surface area contributed by atoms with Gasteiger partial charge in [0.1, 0.15) is 22.9 Å². The summed E-state index contributed by atoms with van der Waals surface area (Å²) in [5.74, 6) is 0.0586. The first-order chi connectivity index (χ1) is 10.1. The van der Waals surface area contributed by atoms with E-state index >= 15 is 0 Å². The lowest BCUT2D eigenvalue weighted by Gasteiger charge is -2.03. The molecule has 0 atom stereocenters. The van der Waals surface area contributed by atoms with E-state index in [0.29, 0.717) is 35.0 Å². The van der Waals surface area contributed by atoms with E-state index < -0.39 is 11.7 Å². The smallest absolute Gasteiger partial charge is 0.275 e. The molecule has 1 N–H and O–H groups in total. The Labute approximate surface area is 119 Å². The van der Waals surface area contributed by atoms with E-state index in [-0.39, 0.29) is 0 Å². The Morgan fingerprint density at radius 2 is 2.29 bits per heavy atom. The Bertz CT molecular complexity index is 822. The van der Waals surface area contributed by atoms with Gasteiger partial charge in [0.15, 0.2) is 5.82 Å². The summed E-state index contributed by atoms with van der Waals surface area (Å²) >= 11 is 0. The minimum Gasteiger partial charge on any atom is -0.360 e. The molecule has 6 nitrogen and oxygen atoms in total. The highest BCUT2D eigenvalue weighted by Gasteiger charge is 2.19. The Kier molecular flexibility index (Phi) is 3.17. The number of rotatable bonds is 3. The van der Waals surface area contributed by atoms with Gasteiger partial charge in [0.25, 0.3) is 5.91 Å². The van der Waals surface area contributed by atoms with Crippen molar-refractivity contribution in [2.24, 2.45) is 0 Å². The average Bonchev–Trinajstić information content (AvgIpc) is 3.01. The summed E-state index contributed by atoms with van der Waals surface area (Å²) in [4.78, 5) is 16.7. The molecule has 3 rings (SSSR count). The van der Waals surface area contributed by atoms with Crippen molar-refractivity contribution >= 4 is 17.4 Å². The minimum atomic E-state index is -0.436. The third-order valence-corrected chi connectivity index (χ3v) is 3.07. The summed E-state index contributed by atoms with van der Waals surface area (Å²) in [6, 6.07) is 4.45. The molecule has 1 amide bonds. The second-order valence-electron chi connectivity index (χ2n) is 4.61. The number of aromatic nitrogens is 3. The highest BCUT2D eigenvalue weighted by atomic mass is 19.1. The number of amides is 1. The fourth-order valence-corrected chi connectivity index (χ4v) is 2.16. The van der Waals surface area contributed by atoms with Gasteiger partial charge in [0.05, 0.1) is 5.69 Å². The van der Waals surface area contributed by atoms with Gasteiger partial charge in [-0.2, -0.15) is 0 Å². The van der Waals surface area contributed by atoms with Gasteiger partial charge in [0, 0.05) is 12.3 Å². The van der Waals surface area contributed by atoms with Crippen LogP contribution in [-0.4, -0.2) is 20.4 Å². The molecule has 21 heavy (non-hydrogen) atoms. The zero-order valence-corrected chi connectivity index (χ0v) is 11.6. The first-order valence-corrected chi connectivity index (χ1v) is 6.49. The molecule has 0 aliphatic carbocycles. The minimum absolute atomic E-state index is 0.299. The number of aryl methyl sites for hydroxylation is 2. The van der Waals surface area contributed by atoms with E-state index in [1.165, 1.54) is 22.7 Å². The topological polar surface area (TPSA) is 72.4 Å². The molecule has 0 aliphatic heterocycles. The van der Waals surface area contributed by atoms with Gasteiger partial charge in [-0.1, -0.05) is 12.1 Å². The second-order valence-corrected chi connectivity index (χ2v) is 4.61. The SMILES string of the molecule is CCc1nc2ccc(F)cn2c1C(=O)Nc1cc(C)on1. The van der Waals surface area contributed by atoms with Crippen LogP contribution >= 0.6 is 0 Å². The molecule has 3 aromatic rings. The molecule has 0 unspecified atom stereocenters. The Hall–Kier alpha value is -2.70. The predicted octanol–water partition coefficient (Wildman–Crippen LogP) is 2.58. The fraction of sp³-hybridized carbons (Fsp3) is 0.214. The lowest BCUT2D eigenvalue weighted by atomic mass is 10.2. The van der Waals surface area contributed by atoms with Gasteiger partial charge >= 0.3 is 0 Å². The van der Waals surface area contributed by atoms with Crippen molar-refractivity contribution in [3.63, 3.8) is 0 Å². The summed E-state index contributed by atoms with van der Waals surface area (Å²) < 4.78 is 19.8. The molecular weight excluding hydrogens is 275 g/mol. The van der Waals surface area contributed by atoms with Crippen molar-refractivity contribution in [3.8, 4) is 0 Å². The summed E-state index contributed by atoms with van der Waals surface area (Å²) in [6.45, 7) is 3.61. The molecule has 0 saturated heterocycles. The largest absolute Gasteiger partial charge is 0.360 e. The number of pyridine rings is 1. The number of halogens is 1. The van der Waals surface area contributed by atoms with Crippen LogP contribution in [0.25, 0.3) is 5.65 Å². The molecule has 7 heteroatoms. The monoisotopic (exact) mass is 288 g/mol. The van der Waals surface area contributed by atoms with Gasteiger partial charge in [0.2, 0.25) is 0 Å². The predicted molar refractivity (Wildman–Crippen MR) is 73.7 cm³/mol. The van der Waals surface area contributed by atoms with Crippen molar-refractivity contribution in [2.75, 3.05) is 5.32 Å². The Balaban J connectivity index is 2.05. The van der Waals surface area contributed by atoms with Crippen molar-refractivity contribution in [3.05, 3.63) is 47.4 Å². The van der Waals surface area contributed by atoms with Crippen LogP contribution in [-0.2, 0) is 6.42 Å². The number of fused-ring (bicyclic) bond motifs is 1. The van der Waals surface area contributed by atoms with Crippen LogP contribution in [0.4, 0.5) is 10.2 Å². The van der Waals surface area contributed by atoms with Gasteiger partial charge < -0.3 is 9.84 Å². The molecule has 3 heterocycles. The molecule has 0 bridgehead atoms. The van der Waals surface area contributed by atoms with Crippen LogP contribution in [0.15, 0.2) is 28.9 Å². The molecule has 0 saturated carbocycles. The van der Waals surface area contributed by atoms with Crippen molar-refractivity contribution in [2.45, 2.75) is 20.3 Å². The summed E-state index contributed by atoms with van der Waals surface area (Å²) in [6.07, 6.45) is 1.80. The second kappa shape index (κ2) is 5.01. The molecular formula is C14H13FN4O2. The number of carbonyl (C=O) groups is 1. The number of nitrogens with zero attached hydrogens (tertiary/aromatic N) is 3. The highest BCUT2D eigenvalue weighted by Crippen LogP contribution is 2.17. The standard InChI is InChI=1S/C14H13FN4O2/c1-3-10-13(14(20)17-11-6-8(2)21-18-11)19-7-9(15)4-5-12(19)16-10/h4-7H,3H2,1-2H3,(H,17,18,20). The fourth-order valence-electron chi connectivity index (χ4n) is 2.16. The number of imidazole rings is 1. The average molecular weight is 288 g/mol. The number of carbonyl (C=O) groups excluding carboxylic acids is 1. The summed E-state index contributed by atoms with van der Waals surface area (Å²) in [7, 11) is 0. The first-order valence-electron chi connectivity index (χ1n) is 6.49. The molecule has 108 valence electrons. The van der Waals surface area contributed by atoms with E-state index in [4.69, 9.17) is 4.52 Å². The molecule has 0 aliphatic rings. The molecule has 0 aromatic carbocycles. The van der Waals surface area contributed by atoms with Gasteiger partial charge in [-0.05, 0) is 25.5 Å². The van der Waals surface area contributed by atoms with Crippen molar-refractivity contribution in [1.29, 1.82) is 0 Å². The summed E-state index contributed by atoms with van der Waals surface area (Å²) in [5, 5.41) is 6.33. The van der Waals surface area contributed by atoms with Gasteiger partial charge in [-0.3, -0.25) is 9.20 Å². The molecule has 0 fully saturated rings. The van der Waals surface area contributed by atoms with Gasteiger partial charge in [-0.15, -0.1) is 0 Å². The van der Waals surface area contributed by atoms with Crippen LogP contribution in [0, 0.1) is 12.7 Å². The maximum absolute atomic E-state index is 13.4. The van der Waals surface area contributed by atoms with Crippen LogP contribution < -0.4 is 5.32 Å². The van der Waals surface area contributed by atoms with Crippen LogP contribution in [0.3, 0.4) is 0 Å². The Morgan fingerprint density at radius 1 is 1.48 bits per heavy atom. The van der Waals surface area contributed by atoms with Crippen LogP contribution in [0.2, 0.25) is 0 Å². The van der Waals surface area contributed by atoms with Crippen LogP contribution in [0.5, 0.6) is 0 Å². The number of anilines is 1. The number of hydrogen-bond donors (Lipinski definition) is 1. The number of hydrogen-bond acceptors (Lipinski definition) is 4. The quantitative estimate of drug-likeness (QED) is 0.804. The van der Waals surface area contributed by atoms with Crippen molar-refractivity contribution < 1.29 is 13.7 Å². The van der Waals surface area contributed by atoms with E-state index in [1.807, 2.05) is 6.92 Å². The molecule has 0 radical (unpaired) electrons. The van der Waals surface area contributed by atoms with Crippen molar-refractivity contribution in [1.82, 2.24) is 14.5 Å². The van der Waals surface area contributed by atoms with E-state index in [9.17, 15) is 9.18 Å². The number of nitrogens with one attached hydrogen (secondary N) is 1. The maximum Gasteiger partial charge on any atom is 0.275 e. The third-order valence-electron chi connectivity index (χ3n) is 3.07. The molecule has 3 aromatic heterocycles. The van der Waals surface area contributed by atoms with E-state index in [2.05, 4.69) is 15.5 Å². The normalized spacial score (nSPS) is 11.0. The zero-order valence-electron chi connectivity index (χ0n) is 11.6. The van der Waals surface area contributed by atoms with Gasteiger partial charge in [-0.25, -0.2) is 9.37 Å². The first kappa shape index (κ1) is 13.3. The lowest BCUT2D eigenvalue weighted by molar-refractivity contribution is 0.101.